The van der Waals surface area contributed by atoms with Crippen molar-refractivity contribution in [1.29, 1.82) is 0 Å². The van der Waals surface area contributed by atoms with E-state index in [1.807, 2.05) is 12.1 Å². The number of carbonyl (C=O) groups is 3. The molecule has 0 radical (unpaired) electrons. The number of methoxy groups -OCH3 is 1. The van der Waals surface area contributed by atoms with Crippen LogP contribution in [0, 0.1) is 5.92 Å². The van der Waals surface area contributed by atoms with Crippen molar-refractivity contribution < 1.29 is 41.8 Å². The molecule has 1 aromatic heterocycles. The monoisotopic (exact) mass is 573 g/mol. The number of carboxylic acid groups (broad SMARTS) is 1. The van der Waals surface area contributed by atoms with Crippen LogP contribution >= 0.6 is 0 Å². The Bertz CT molecular complexity index is 1380. The number of anilines is 1. The number of benzene rings is 2. The fourth-order valence-electron chi connectivity index (χ4n) is 4.98. The summed E-state index contributed by atoms with van der Waals surface area (Å²) in [5.41, 5.74) is 0.869. The number of oxazole rings is 1. The average molecular weight is 574 g/mol. The van der Waals surface area contributed by atoms with E-state index in [-0.39, 0.29) is 36.6 Å². The minimum Gasteiger partial charge on any atom is -0.496 e. The van der Waals surface area contributed by atoms with Gasteiger partial charge in [0, 0.05) is 25.1 Å². The summed E-state index contributed by atoms with van der Waals surface area (Å²) in [6.45, 7) is -0.226. The van der Waals surface area contributed by atoms with Gasteiger partial charge in [0.05, 0.1) is 12.7 Å². The Balaban J connectivity index is 1.30. The van der Waals surface area contributed by atoms with E-state index < -0.39 is 41.3 Å². The van der Waals surface area contributed by atoms with Gasteiger partial charge < -0.3 is 24.9 Å². The molecule has 218 valence electrons. The first-order chi connectivity index (χ1) is 19.5. The fourth-order valence-corrected chi connectivity index (χ4v) is 4.98. The summed E-state index contributed by atoms with van der Waals surface area (Å²) < 4.78 is 50.8. The molecule has 1 fully saturated rings. The van der Waals surface area contributed by atoms with Gasteiger partial charge in [0.2, 0.25) is 17.6 Å². The third-order valence-electron chi connectivity index (χ3n) is 7.05. The molecular formula is C29H30F3N3O6. The molecule has 2 amide bonds. The Morgan fingerprint density at radius 3 is 2.37 bits per heavy atom. The van der Waals surface area contributed by atoms with E-state index in [0.717, 1.165) is 31.2 Å². The molecule has 1 saturated carbocycles. The van der Waals surface area contributed by atoms with Crippen molar-refractivity contribution in [3.63, 3.8) is 0 Å². The van der Waals surface area contributed by atoms with E-state index in [4.69, 9.17) is 14.3 Å². The number of amides is 2. The molecule has 1 aliphatic carbocycles. The van der Waals surface area contributed by atoms with Crippen LogP contribution in [0.25, 0.3) is 11.5 Å². The predicted molar refractivity (Wildman–Crippen MR) is 142 cm³/mol. The van der Waals surface area contributed by atoms with Gasteiger partial charge in [-0.15, -0.1) is 0 Å². The molecule has 2 aromatic carbocycles. The second kappa shape index (κ2) is 12.9. The van der Waals surface area contributed by atoms with Crippen molar-refractivity contribution >= 4 is 23.5 Å². The number of aliphatic carboxylic acids is 1. The van der Waals surface area contributed by atoms with Crippen LogP contribution in [0.2, 0.25) is 0 Å². The second-order valence-corrected chi connectivity index (χ2v) is 9.89. The zero-order valence-corrected chi connectivity index (χ0v) is 22.3. The number of halogens is 3. The average Bonchev–Trinajstić information content (AvgIpc) is 3.40. The molecule has 0 unspecified atom stereocenters. The second-order valence-electron chi connectivity index (χ2n) is 9.89. The summed E-state index contributed by atoms with van der Waals surface area (Å²) in [5.74, 6) is -3.53. The Hall–Kier alpha value is -4.35. The Morgan fingerprint density at radius 2 is 1.73 bits per heavy atom. The molecule has 0 spiro atoms. The van der Waals surface area contributed by atoms with Crippen LogP contribution in [-0.4, -0.2) is 41.5 Å². The van der Waals surface area contributed by atoms with Gasteiger partial charge in [-0.05, 0) is 67.3 Å². The zero-order chi connectivity index (χ0) is 29.6. The molecule has 12 heteroatoms. The summed E-state index contributed by atoms with van der Waals surface area (Å²) in [6, 6.07) is 13.5. The maximum atomic E-state index is 13.6. The van der Waals surface area contributed by atoms with Gasteiger partial charge in [0.1, 0.15) is 5.75 Å². The van der Waals surface area contributed by atoms with Gasteiger partial charge in [-0.2, -0.15) is 13.2 Å². The molecule has 0 bridgehead atoms. The maximum Gasteiger partial charge on any atom is 0.452 e. The van der Waals surface area contributed by atoms with Crippen LogP contribution in [-0.2, 0) is 15.8 Å². The molecule has 4 rings (SSSR count). The number of carboxylic acids is 1. The zero-order valence-electron chi connectivity index (χ0n) is 22.3. The van der Waals surface area contributed by atoms with E-state index in [9.17, 15) is 27.6 Å². The Morgan fingerprint density at radius 1 is 1.05 bits per heavy atom. The first-order valence-electron chi connectivity index (χ1n) is 13.2. The topological polar surface area (TPSA) is 131 Å². The summed E-state index contributed by atoms with van der Waals surface area (Å²) in [7, 11) is 1.34. The highest BCUT2D eigenvalue weighted by Gasteiger charge is 2.42. The van der Waals surface area contributed by atoms with Crippen LogP contribution in [0.15, 0.2) is 52.9 Å². The summed E-state index contributed by atoms with van der Waals surface area (Å²) in [5, 5.41) is 14.0. The number of hydrogen-bond donors (Lipinski definition) is 3. The molecule has 1 aliphatic rings. The van der Waals surface area contributed by atoms with Gasteiger partial charge >= 0.3 is 12.1 Å². The number of nitrogens with one attached hydrogen (secondary N) is 2. The number of para-hydroxylation sites is 1. The van der Waals surface area contributed by atoms with E-state index >= 15 is 0 Å². The molecule has 9 nitrogen and oxygen atoms in total. The van der Waals surface area contributed by atoms with Gasteiger partial charge in [0.15, 0.2) is 5.69 Å². The lowest BCUT2D eigenvalue weighted by molar-refractivity contribution is -0.153. The molecule has 41 heavy (non-hydrogen) atoms. The minimum absolute atomic E-state index is 0.149. The third-order valence-corrected chi connectivity index (χ3v) is 7.05. The SMILES string of the molecule is COc1ccccc1-c1nc(C(=O)NCCC(=O)Nc2ccc([C@H]3CC[C@H](CC(=O)O)CC3)cc2)c(C(F)(F)F)o1. The number of alkyl halides is 3. The highest BCUT2D eigenvalue weighted by atomic mass is 19.4. The number of hydrogen-bond acceptors (Lipinski definition) is 6. The summed E-state index contributed by atoms with van der Waals surface area (Å²) >= 11 is 0. The van der Waals surface area contributed by atoms with Crippen LogP contribution in [0.4, 0.5) is 18.9 Å². The van der Waals surface area contributed by atoms with E-state index in [1.54, 1.807) is 24.3 Å². The molecular weight excluding hydrogens is 543 g/mol. The molecule has 3 N–H and O–H groups in total. The summed E-state index contributed by atoms with van der Waals surface area (Å²) in [6.07, 6.45) is -1.41. The minimum atomic E-state index is -4.97. The lowest BCUT2D eigenvalue weighted by Gasteiger charge is -2.28. The predicted octanol–water partition coefficient (Wildman–Crippen LogP) is 5.88. The smallest absolute Gasteiger partial charge is 0.452 e. The third kappa shape index (κ3) is 7.65. The van der Waals surface area contributed by atoms with Gasteiger partial charge in [0.25, 0.3) is 5.91 Å². The molecule has 0 atom stereocenters. The van der Waals surface area contributed by atoms with E-state index in [1.165, 1.54) is 19.2 Å². The first-order valence-corrected chi connectivity index (χ1v) is 13.2. The van der Waals surface area contributed by atoms with Crippen molar-refractivity contribution in [2.45, 2.75) is 50.6 Å². The van der Waals surface area contributed by atoms with Crippen molar-refractivity contribution in [2.75, 3.05) is 19.0 Å². The van der Waals surface area contributed by atoms with Crippen molar-refractivity contribution in [1.82, 2.24) is 10.3 Å². The quantitative estimate of drug-likeness (QED) is 0.276. The van der Waals surface area contributed by atoms with Crippen LogP contribution < -0.4 is 15.4 Å². The molecule has 0 saturated heterocycles. The van der Waals surface area contributed by atoms with E-state index in [0.29, 0.717) is 11.6 Å². The van der Waals surface area contributed by atoms with Gasteiger partial charge in [-0.3, -0.25) is 14.4 Å². The fraction of sp³-hybridized carbons (Fsp3) is 0.379. The van der Waals surface area contributed by atoms with Crippen molar-refractivity contribution in [2.24, 2.45) is 5.92 Å². The number of ether oxygens (including phenoxy) is 1. The number of rotatable bonds is 10. The largest absolute Gasteiger partial charge is 0.496 e. The van der Waals surface area contributed by atoms with E-state index in [2.05, 4.69) is 15.6 Å². The number of carbonyl (C=O) groups excluding carboxylic acids is 2. The maximum absolute atomic E-state index is 13.6. The van der Waals surface area contributed by atoms with Crippen molar-refractivity contribution in [3.8, 4) is 17.2 Å². The highest BCUT2D eigenvalue weighted by Crippen LogP contribution is 2.38. The van der Waals surface area contributed by atoms with Crippen molar-refractivity contribution in [3.05, 3.63) is 65.5 Å². The van der Waals surface area contributed by atoms with Crippen LogP contribution in [0.5, 0.6) is 5.75 Å². The normalized spacial score (nSPS) is 17.1. The van der Waals surface area contributed by atoms with Crippen LogP contribution in [0.3, 0.4) is 0 Å². The molecule has 0 aliphatic heterocycles. The molecule has 1 heterocycles. The lowest BCUT2D eigenvalue weighted by atomic mass is 9.77. The summed E-state index contributed by atoms with van der Waals surface area (Å²) in [4.78, 5) is 39.7. The lowest BCUT2D eigenvalue weighted by Crippen LogP contribution is -2.29. The standard InChI is InChI=1S/C29H30F3N3O6/c1-40-22-5-3-2-4-21(22)28-35-25(26(41-28)29(30,31)32)27(39)33-15-14-23(36)34-20-12-10-19(11-13-20)18-8-6-17(7-9-18)16-24(37)38/h2-5,10-13,17-18H,6-9,14-16H2,1H3,(H,33,39)(H,34,36)(H,37,38)/t17-,18-. The van der Waals surface area contributed by atoms with Gasteiger partial charge in [-0.1, -0.05) is 24.3 Å². The number of aromatic nitrogens is 1. The number of nitrogens with zero attached hydrogens (tertiary/aromatic N) is 1. The van der Waals surface area contributed by atoms with Crippen LogP contribution in [0.1, 0.15) is 66.3 Å². The van der Waals surface area contributed by atoms with Gasteiger partial charge in [-0.25, -0.2) is 4.98 Å². The molecule has 3 aromatic rings. The Kier molecular flexibility index (Phi) is 9.31. The highest BCUT2D eigenvalue weighted by molar-refractivity contribution is 5.95. The Labute approximate surface area is 234 Å². The first kappa shape index (κ1) is 29.6.